The molecule has 0 aliphatic carbocycles. The van der Waals surface area contributed by atoms with Gasteiger partial charge >= 0.3 is 6.09 Å². The number of ether oxygens (including phenoxy) is 1. The van der Waals surface area contributed by atoms with Crippen LogP contribution in [-0.4, -0.2) is 55.9 Å². The number of anilines is 1. The number of carbonyl (C=O) groups excluding carboxylic acids is 1. The zero-order valence-corrected chi connectivity index (χ0v) is 12.1. The lowest BCUT2D eigenvalue weighted by Crippen LogP contribution is -2.60. The van der Waals surface area contributed by atoms with E-state index >= 15 is 0 Å². The third kappa shape index (κ3) is 2.86. The van der Waals surface area contributed by atoms with Crippen molar-refractivity contribution >= 4 is 17.6 Å². The van der Waals surface area contributed by atoms with Crippen LogP contribution in [0.4, 0.5) is 10.6 Å². The van der Waals surface area contributed by atoms with Crippen LogP contribution >= 0.6 is 0 Å². The number of alkyl carbamates (subject to hydrolysis) is 1. The molecule has 2 aromatic rings. The van der Waals surface area contributed by atoms with E-state index in [0.717, 1.165) is 0 Å². The van der Waals surface area contributed by atoms with Crippen molar-refractivity contribution < 1.29 is 9.53 Å². The summed E-state index contributed by atoms with van der Waals surface area (Å²) in [5, 5.41) is 14.2. The first kappa shape index (κ1) is 13.5. The fourth-order valence-electron chi connectivity index (χ4n) is 2.11. The Labute approximate surface area is 121 Å². The highest BCUT2D eigenvalue weighted by atomic mass is 16.6. The second-order valence-electron chi connectivity index (χ2n) is 5.95. The van der Waals surface area contributed by atoms with Gasteiger partial charge in [-0.3, -0.25) is 0 Å². The van der Waals surface area contributed by atoms with E-state index in [0.29, 0.717) is 24.6 Å². The summed E-state index contributed by atoms with van der Waals surface area (Å²) in [6, 6.07) is 0.0396. The molecule has 21 heavy (non-hydrogen) atoms. The van der Waals surface area contributed by atoms with Crippen molar-refractivity contribution in [2.24, 2.45) is 0 Å². The number of amides is 1. The van der Waals surface area contributed by atoms with Crippen molar-refractivity contribution in [3.8, 4) is 0 Å². The minimum absolute atomic E-state index is 0.0396. The summed E-state index contributed by atoms with van der Waals surface area (Å²) in [7, 11) is 0. The quantitative estimate of drug-likeness (QED) is 0.846. The molecule has 0 aromatic carbocycles. The van der Waals surface area contributed by atoms with Gasteiger partial charge in [-0.1, -0.05) is 0 Å². The van der Waals surface area contributed by atoms with Crippen LogP contribution in [0.1, 0.15) is 20.8 Å². The summed E-state index contributed by atoms with van der Waals surface area (Å²) in [5.74, 6) is 0.713. The zero-order chi connectivity index (χ0) is 15.0. The normalized spacial score (nSPS) is 15.9. The zero-order valence-electron chi connectivity index (χ0n) is 12.1. The number of hydrogen-bond donors (Lipinski definition) is 1. The van der Waals surface area contributed by atoms with E-state index in [1.807, 2.05) is 25.7 Å². The molecule has 0 radical (unpaired) electrons. The van der Waals surface area contributed by atoms with Gasteiger partial charge in [0, 0.05) is 19.3 Å². The van der Waals surface area contributed by atoms with Crippen molar-refractivity contribution in [2.45, 2.75) is 32.4 Å². The number of tetrazole rings is 1. The van der Waals surface area contributed by atoms with Gasteiger partial charge in [-0.25, -0.2) is 9.78 Å². The number of hydrogen-bond acceptors (Lipinski definition) is 7. The molecule has 2 aromatic heterocycles. The number of nitrogens with one attached hydrogen (secondary N) is 1. The average molecular weight is 291 g/mol. The van der Waals surface area contributed by atoms with Crippen LogP contribution in [0, 0.1) is 0 Å². The third-order valence-corrected chi connectivity index (χ3v) is 3.00. The minimum atomic E-state index is -0.492. The molecule has 1 amide bonds. The fraction of sp³-hybridized carbons (Fsp3) is 0.583. The third-order valence-electron chi connectivity index (χ3n) is 3.00. The molecular weight excluding hydrogens is 274 g/mol. The van der Waals surface area contributed by atoms with Crippen LogP contribution < -0.4 is 10.2 Å². The maximum atomic E-state index is 11.7. The highest BCUT2D eigenvalue weighted by Crippen LogP contribution is 2.21. The van der Waals surface area contributed by atoms with E-state index in [2.05, 4.69) is 25.8 Å². The van der Waals surface area contributed by atoms with E-state index in [1.165, 1.54) is 0 Å². The Kier molecular flexibility index (Phi) is 3.11. The topological polar surface area (TPSA) is 97.5 Å². The van der Waals surface area contributed by atoms with Gasteiger partial charge in [-0.05, 0) is 31.2 Å². The van der Waals surface area contributed by atoms with Crippen molar-refractivity contribution in [3.05, 3.63) is 12.4 Å². The summed E-state index contributed by atoms with van der Waals surface area (Å²) >= 11 is 0. The van der Waals surface area contributed by atoms with Gasteiger partial charge < -0.3 is 15.0 Å². The minimum Gasteiger partial charge on any atom is -0.444 e. The lowest BCUT2D eigenvalue weighted by Gasteiger charge is -2.40. The molecular formula is C12H17N7O2. The van der Waals surface area contributed by atoms with Crippen LogP contribution in [0.3, 0.4) is 0 Å². The largest absolute Gasteiger partial charge is 0.444 e. The van der Waals surface area contributed by atoms with E-state index in [4.69, 9.17) is 4.74 Å². The van der Waals surface area contributed by atoms with Gasteiger partial charge in [0.05, 0.1) is 12.2 Å². The standard InChI is InChI=1S/C12H17N7O2/c1-12(2,3)21-11(20)14-8-6-18(7-8)9-10-15-16-17-19(10)5-4-13-9/h4-5,8H,6-7H2,1-3H3,(H,14,20). The van der Waals surface area contributed by atoms with Crippen molar-refractivity contribution in [1.29, 1.82) is 0 Å². The number of nitrogens with zero attached hydrogens (tertiary/aromatic N) is 6. The first-order valence-electron chi connectivity index (χ1n) is 6.69. The summed E-state index contributed by atoms with van der Waals surface area (Å²) in [5.41, 5.74) is 0.113. The molecule has 112 valence electrons. The van der Waals surface area contributed by atoms with Crippen LogP contribution in [-0.2, 0) is 4.74 Å². The molecule has 0 atom stereocenters. The van der Waals surface area contributed by atoms with Crippen LogP contribution in [0.2, 0.25) is 0 Å². The molecule has 3 rings (SSSR count). The maximum absolute atomic E-state index is 11.7. The summed E-state index contributed by atoms with van der Waals surface area (Å²) in [4.78, 5) is 18.0. The molecule has 1 saturated heterocycles. The highest BCUT2D eigenvalue weighted by molar-refractivity contribution is 5.70. The van der Waals surface area contributed by atoms with Gasteiger partial charge in [-0.2, -0.15) is 4.52 Å². The van der Waals surface area contributed by atoms with Crippen molar-refractivity contribution in [3.63, 3.8) is 0 Å². The first-order chi connectivity index (χ1) is 9.92. The van der Waals surface area contributed by atoms with Gasteiger partial charge in [-0.15, -0.1) is 5.10 Å². The number of carbonyl (C=O) groups is 1. The Morgan fingerprint density at radius 2 is 2.19 bits per heavy atom. The lowest BCUT2D eigenvalue weighted by atomic mass is 10.1. The Balaban J connectivity index is 1.59. The Morgan fingerprint density at radius 1 is 1.43 bits per heavy atom. The summed E-state index contributed by atoms with van der Waals surface area (Å²) in [6.45, 7) is 6.81. The Hall–Kier alpha value is -2.45. The predicted octanol–water partition coefficient (Wildman–Crippen LogP) is 0.233. The monoisotopic (exact) mass is 291 g/mol. The molecule has 9 heteroatoms. The van der Waals surface area contributed by atoms with Crippen molar-refractivity contribution in [1.82, 2.24) is 30.3 Å². The molecule has 9 nitrogen and oxygen atoms in total. The van der Waals surface area contributed by atoms with E-state index in [-0.39, 0.29) is 6.04 Å². The first-order valence-corrected chi connectivity index (χ1v) is 6.69. The second-order valence-corrected chi connectivity index (χ2v) is 5.95. The number of rotatable bonds is 2. The molecule has 0 unspecified atom stereocenters. The van der Waals surface area contributed by atoms with Crippen LogP contribution in [0.15, 0.2) is 12.4 Å². The summed E-state index contributed by atoms with van der Waals surface area (Å²) in [6.07, 6.45) is 2.94. The van der Waals surface area contributed by atoms with E-state index < -0.39 is 11.7 Å². The Bertz CT molecular complexity index is 657. The van der Waals surface area contributed by atoms with E-state index in [9.17, 15) is 4.79 Å². The van der Waals surface area contributed by atoms with Crippen molar-refractivity contribution in [2.75, 3.05) is 18.0 Å². The second kappa shape index (κ2) is 4.83. The van der Waals surface area contributed by atoms with Gasteiger partial charge in [0.15, 0.2) is 5.82 Å². The molecule has 0 spiro atoms. The molecule has 1 N–H and O–H groups in total. The number of aromatic nitrogens is 5. The number of fused-ring (bicyclic) bond motifs is 1. The molecule has 0 saturated carbocycles. The van der Waals surface area contributed by atoms with Crippen LogP contribution in [0.25, 0.3) is 5.65 Å². The average Bonchev–Trinajstić information content (AvgIpc) is 2.79. The highest BCUT2D eigenvalue weighted by Gasteiger charge is 2.32. The molecule has 3 heterocycles. The predicted molar refractivity (Wildman–Crippen MR) is 73.9 cm³/mol. The maximum Gasteiger partial charge on any atom is 0.407 e. The van der Waals surface area contributed by atoms with Gasteiger partial charge in [0.1, 0.15) is 5.60 Å². The summed E-state index contributed by atoms with van der Waals surface area (Å²) < 4.78 is 6.79. The van der Waals surface area contributed by atoms with Crippen LogP contribution in [0.5, 0.6) is 0 Å². The smallest absolute Gasteiger partial charge is 0.407 e. The van der Waals surface area contributed by atoms with E-state index in [1.54, 1.807) is 16.9 Å². The molecule has 1 aliphatic heterocycles. The Morgan fingerprint density at radius 3 is 2.90 bits per heavy atom. The lowest BCUT2D eigenvalue weighted by molar-refractivity contribution is 0.0496. The van der Waals surface area contributed by atoms with Gasteiger partial charge in [0.2, 0.25) is 5.65 Å². The fourth-order valence-corrected chi connectivity index (χ4v) is 2.11. The SMILES string of the molecule is CC(C)(C)OC(=O)NC1CN(c2nccn3nnnc23)C1. The molecule has 1 aliphatic rings. The molecule has 0 bridgehead atoms. The molecule has 1 fully saturated rings. The van der Waals surface area contributed by atoms with Gasteiger partial charge in [0.25, 0.3) is 0 Å².